The standard InChI is InChI=1S/C14H16N2O2/c1-3-8-16(2)13-11-7-5-4-6-10(11)12(9-15-13)14(17)18/h4-7,9H,3,8H2,1-2H3,(H,17,18). The van der Waals surface area contributed by atoms with Gasteiger partial charge >= 0.3 is 5.97 Å². The molecule has 0 unspecified atom stereocenters. The van der Waals surface area contributed by atoms with Crippen LogP contribution in [0, 0.1) is 0 Å². The summed E-state index contributed by atoms with van der Waals surface area (Å²) in [4.78, 5) is 17.5. The second-order valence-electron chi connectivity index (χ2n) is 4.27. The monoisotopic (exact) mass is 244 g/mol. The average Bonchev–Trinajstić information content (AvgIpc) is 2.37. The molecule has 4 nitrogen and oxygen atoms in total. The first kappa shape index (κ1) is 12.4. The second kappa shape index (κ2) is 5.04. The summed E-state index contributed by atoms with van der Waals surface area (Å²) in [5.41, 5.74) is 0.249. The maximum atomic E-state index is 11.2. The van der Waals surface area contributed by atoms with E-state index in [0.29, 0.717) is 0 Å². The highest BCUT2D eigenvalue weighted by Crippen LogP contribution is 2.26. The van der Waals surface area contributed by atoms with Crippen LogP contribution < -0.4 is 4.90 Å². The first-order valence-electron chi connectivity index (χ1n) is 5.97. The van der Waals surface area contributed by atoms with Crippen molar-refractivity contribution in [3.8, 4) is 0 Å². The Hall–Kier alpha value is -2.10. The number of aromatic carboxylic acids is 1. The van der Waals surface area contributed by atoms with Crippen LogP contribution in [0.4, 0.5) is 5.82 Å². The van der Waals surface area contributed by atoms with Crippen LogP contribution in [-0.4, -0.2) is 29.7 Å². The third kappa shape index (κ3) is 2.14. The highest BCUT2D eigenvalue weighted by molar-refractivity contribution is 6.06. The molecule has 1 aromatic heterocycles. The van der Waals surface area contributed by atoms with Gasteiger partial charge in [0.2, 0.25) is 0 Å². The Morgan fingerprint density at radius 2 is 2.00 bits per heavy atom. The molecule has 4 heteroatoms. The van der Waals surface area contributed by atoms with Gasteiger partial charge in [-0.3, -0.25) is 0 Å². The van der Waals surface area contributed by atoms with Gasteiger partial charge in [0.1, 0.15) is 5.82 Å². The zero-order chi connectivity index (χ0) is 13.1. The summed E-state index contributed by atoms with van der Waals surface area (Å²) in [5, 5.41) is 10.8. The largest absolute Gasteiger partial charge is 0.478 e. The molecule has 0 aliphatic rings. The van der Waals surface area contributed by atoms with Gasteiger partial charge in [-0.2, -0.15) is 0 Å². The van der Waals surface area contributed by atoms with Crippen LogP contribution in [-0.2, 0) is 0 Å². The molecule has 2 rings (SSSR count). The van der Waals surface area contributed by atoms with E-state index in [2.05, 4.69) is 11.9 Å². The van der Waals surface area contributed by atoms with Crippen molar-refractivity contribution in [2.24, 2.45) is 0 Å². The maximum Gasteiger partial charge on any atom is 0.337 e. The minimum Gasteiger partial charge on any atom is -0.478 e. The SMILES string of the molecule is CCCN(C)c1ncc(C(=O)O)c2ccccc12. The second-order valence-corrected chi connectivity index (χ2v) is 4.27. The van der Waals surface area contributed by atoms with Gasteiger partial charge in [-0.25, -0.2) is 9.78 Å². The third-order valence-electron chi connectivity index (χ3n) is 2.93. The van der Waals surface area contributed by atoms with Crippen LogP contribution in [0.15, 0.2) is 30.5 Å². The van der Waals surface area contributed by atoms with E-state index in [9.17, 15) is 4.79 Å². The van der Waals surface area contributed by atoms with Crippen LogP contribution in [0.5, 0.6) is 0 Å². The van der Waals surface area contributed by atoms with Gasteiger partial charge in [0, 0.05) is 30.6 Å². The number of pyridine rings is 1. The van der Waals surface area contributed by atoms with Gasteiger partial charge in [0.25, 0.3) is 0 Å². The van der Waals surface area contributed by atoms with Crippen molar-refractivity contribution in [1.82, 2.24) is 4.98 Å². The van der Waals surface area contributed by atoms with Crippen molar-refractivity contribution in [3.63, 3.8) is 0 Å². The highest BCUT2D eigenvalue weighted by Gasteiger charge is 2.13. The number of carboxylic acids is 1. The molecule has 2 aromatic rings. The predicted octanol–water partition coefficient (Wildman–Crippen LogP) is 2.78. The van der Waals surface area contributed by atoms with Crippen LogP contribution in [0.3, 0.4) is 0 Å². The molecule has 0 saturated heterocycles. The summed E-state index contributed by atoms with van der Waals surface area (Å²) >= 11 is 0. The van der Waals surface area contributed by atoms with Gasteiger partial charge in [-0.15, -0.1) is 0 Å². The zero-order valence-electron chi connectivity index (χ0n) is 10.6. The van der Waals surface area contributed by atoms with Gasteiger partial charge in [-0.05, 0) is 6.42 Å². The fourth-order valence-electron chi connectivity index (χ4n) is 2.09. The van der Waals surface area contributed by atoms with Crippen molar-refractivity contribution >= 4 is 22.6 Å². The molecular weight excluding hydrogens is 228 g/mol. The van der Waals surface area contributed by atoms with E-state index in [0.717, 1.165) is 29.6 Å². The van der Waals surface area contributed by atoms with E-state index in [-0.39, 0.29) is 5.56 Å². The summed E-state index contributed by atoms with van der Waals surface area (Å²) in [6.07, 6.45) is 2.46. The topological polar surface area (TPSA) is 53.4 Å². The van der Waals surface area contributed by atoms with E-state index < -0.39 is 5.97 Å². The van der Waals surface area contributed by atoms with Crippen LogP contribution in [0.25, 0.3) is 10.8 Å². The smallest absolute Gasteiger partial charge is 0.337 e. The Morgan fingerprint density at radius 1 is 1.33 bits per heavy atom. The van der Waals surface area contributed by atoms with E-state index in [1.54, 1.807) is 0 Å². The number of rotatable bonds is 4. The van der Waals surface area contributed by atoms with Crippen molar-refractivity contribution < 1.29 is 9.90 Å². The molecule has 0 amide bonds. The lowest BCUT2D eigenvalue weighted by Crippen LogP contribution is -2.19. The minimum absolute atomic E-state index is 0.249. The first-order valence-corrected chi connectivity index (χ1v) is 5.97. The van der Waals surface area contributed by atoms with Crippen LogP contribution >= 0.6 is 0 Å². The van der Waals surface area contributed by atoms with E-state index >= 15 is 0 Å². The Kier molecular flexibility index (Phi) is 3.46. The summed E-state index contributed by atoms with van der Waals surface area (Å²) in [5.74, 6) is -0.110. The molecule has 1 N–H and O–H groups in total. The fraction of sp³-hybridized carbons (Fsp3) is 0.286. The number of aromatic nitrogens is 1. The molecule has 0 fully saturated rings. The van der Waals surface area contributed by atoms with Crippen LogP contribution in [0.2, 0.25) is 0 Å². The fourth-order valence-corrected chi connectivity index (χ4v) is 2.09. The van der Waals surface area contributed by atoms with Gasteiger partial charge in [0.05, 0.1) is 5.56 Å². The molecule has 94 valence electrons. The number of nitrogens with zero attached hydrogens (tertiary/aromatic N) is 2. The summed E-state index contributed by atoms with van der Waals surface area (Å²) < 4.78 is 0. The molecule has 0 aliphatic heterocycles. The van der Waals surface area contributed by atoms with Crippen molar-refractivity contribution in [3.05, 3.63) is 36.0 Å². The predicted molar refractivity (Wildman–Crippen MR) is 72.3 cm³/mol. The lowest BCUT2D eigenvalue weighted by atomic mass is 10.1. The Morgan fingerprint density at radius 3 is 2.61 bits per heavy atom. The molecule has 0 saturated carbocycles. The van der Waals surface area contributed by atoms with Gasteiger partial charge < -0.3 is 10.0 Å². The molecular formula is C14H16N2O2. The lowest BCUT2D eigenvalue weighted by Gasteiger charge is -2.19. The van der Waals surface area contributed by atoms with E-state index in [1.807, 2.05) is 36.2 Å². The highest BCUT2D eigenvalue weighted by atomic mass is 16.4. The third-order valence-corrected chi connectivity index (χ3v) is 2.93. The van der Waals surface area contributed by atoms with Crippen molar-refractivity contribution in [2.45, 2.75) is 13.3 Å². The number of hydrogen-bond acceptors (Lipinski definition) is 3. The Labute approximate surface area is 106 Å². The van der Waals surface area contributed by atoms with Crippen LogP contribution in [0.1, 0.15) is 23.7 Å². The molecule has 0 spiro atoms. The summed E-state index contributed by atoms with van der Waals surface area (Å²) in [6, 6.07) is 7.48. The molecule has 1 aromatic carbocycles. The zero-order valence-corrected chi connectivity index (χ0v) is 10.6. The van der Waals surface area contributed by atoms with Gasteiger partial charge in [0.15, 0.2) is 0 Å². The maximum absolute atomic E-state index is 11.2. The number of anilines is 1. The lowest BCUT2D eigenvalue weighted by molar-refractivity contribution is 0.0698. The van der Waals surface area contributed by atoms with Crippen molar-refractivity contribution in [2.75, 3.05) is 18.5 Å². The number of fused-ring (bicyclic) bond motifs is 1. The molecule has 1 heterocycles. The quantitative estimate of drug-likeness (QED) is 0.898. The number of hydrogen-bond donors (Lipinski definition) is 1. The Balaban J connectivity index is 2.64. The summed E-state index contributed by atoms with van der Waals surface area (Å²) in [7, 11) is 1.97. The first-order chi connectivity index (χ1) is 8.65. The number of benzene rings is 1. The molecule has 18 heavy (non-hydrogen) atoms. The number of carboxylic acid groups (broad SMARTS) is 1. The number of carbonyl (C=O) groups is 1. The van der Waals surface area contributed by atoms with Crippen molar-refractivity contribution in [1.29, 1.82) is 0 Å². The average molecular weight is 244 g/mol. The normalized spacial score (nSPS) is 10.6. The van der Waals surface area contributed by atoms with E-state index in [1.165, 1.54) is 6.20 Å². The minimum atomic E-state index is -0.941. The summed E-state index contributed by atoms with van der Waals surface area (Å²) in [6.45, 7) is 2.99. The van der Waals surface area contributed by atoms with Gasteiger partial charge in [-0.1, -0.05) is 31.2 Å². The van der Waals surface area contributed by atoms with E-state index in [4.69, 9.17) is 5.11 Å². The molecule has 0 atom stereocenters. The molecule has 0 aliphatic carbocycles. The molecule has 0 bridgehead atoms. The Bertz CT molecular complexity index is 581. The molecule has 0 radical (unpaired) electrons.